The van der Waals surface area contributed by atoms with Crippen molar-refractivity contribution in [2.45, 2.75) is 37.7 Å². The third-order valence-corrected chi connectivity index (χ3v) is 4.23. The minimum Gasteiger partial charge on any atom is -0.387 e. The monoisotopic (exact) mass is 279 g/mol. The Morgan fingerprint density at radius 1 is 1.47 bits per heavy atom. The maximum Gasteiger partial charge on any atom is 0.0914 e. The van der Waals surface area contributed by atoms with Gasteiger partial charge in [0, 0.05) is 18.0 Å². The van der Waals surface area contributed by atoms with E-state index in [1.165, 1.54) is 29.1 Å². The summed E-state index contributed by atoms with van der Waals surface area (Å²) in [4.78, 5) is 1.32. The van der Waals surface area contributed by atoms with E-state index >= 15 is 0 Å². The molecule has 1 atom stereocenters. The average molecular weight is 279 g/mol. The fourth-order valence-corrected chi connectivity index (χ4v) is 2.91. The van der Waals surface area contributed by atoms with E-state index in [0.29, 0.717) is 6.54 Å². The topological polar surface area (TPSA) is 32.3 Å². The molecule has 0 bridgehead atoms. The largest absolute Gasteiger partial charge is 0.387 e. The molecule has 0 spiro atoms. The molecule has 0 fully saturated rings. The van der Waals surface area contributed by atoms with Crippen LogP contribution in [0.15, 0.2) is 35.7 Å². The number of aliphatic hydroxyl groups is 1. The van der Waals surface area contributed by atoms with Crippen LogP contribution in [0.1, 0.15) is 37.0 Å². The lowest BCUT2D eigenvalue weighted by molar-refractivity contribution is 0.176. The number of unbranched alkanes of at least 4 members (excludes halogenated alkanes) is 1. The summed E-state index contributed by atoms with van der Waals surface area (Å²) in [5, 5.41) is 13.2. The van der Waals surface area contributed by atoms with Gasteiger partial charge in [-0.1, -0.05) is 31.6 Å². The molecule has 1 aromatic rings. The minimum absolute atomic E-state index is 0.451. The van der Waals surface area contributed by atoms with Crippen LogP contribution in [0.3, 0.4) is 0 Å². The predicted molar refractivity (Wildman–Crippen MR) is 84.8 cm³/mol. The highest BCUT2D eigenvalue weighted by molar-refractivity contribution is 7.99. The van der Waals surface area contributed by atoms with Gasteiger partial charge in [-0.2, -0.15) is 0 Å². The first-order chi connectivity index (χ1) is 9.19. The van der Waals surface area contributed by atoms with Gasteiger partial charge >= 0.3 is 0 Å². The molecule has 0 aromatic heterocycles. The third-order valence-electron chi connectivity index (χ3n) is 2.97. The van der Waals surface area contributed by atoms with Crippen molar-refractivity contribution < 1.29 is 5.11 Å². The van der Waals surface area contributed by atoms with Crippen molar-refractivity contribution in [3.63, 3.8) is 0 Å². The molecule has 0 aliphatic rings. The fourth-order valence-electron chi connectivity index (χ4n) is 1.81. The number of hydrogen-bond acceptors (Lipinski definition) is 3. The van der Waals surface area contributed by atoms with Crippen molar-refractivity contribution in [2.24, 2.45) is 0 Å². The molecule has 0 amide bonds. The first-order valence-electron chi connectivity index (χ1n) is 6.92. The Morgan fingerprint density at radius 3 is 2.89 bits per heavy atom. The summed E-state index contributed by atoms with van der Waals surface area (Å²) in [6.07, 6.45) is 3.83. The van der Waals surface area contributed by atoms with Crippen LogP contribution < -0.4 is 5.32 Å². The number of thioether (sulfide) groups is 1. The Bertz CT molecular complexity index is 392. The highest BCUT2D eigenvalue weighted by Crippen LogP contribution is 2.26. The SMILES string of the molecule is C=CCNCC(O)c1ccc(SCCCC)c(C)c1. The second-order valence-corrected chi connectivity index (χ2v) is 5.83. The van der Waals surface area contributed by atoms with Crippen LogP contribution in [0.4, 0.5) is 0 Å². The zero-order valence-electron chi connectivity index (χ0n) is 12.0. The highest BCUT2D eigenvalue weighted by Gasteiger charge is 2.08. The van der Waals surface area contributed by atoms with Crippen molar-refractivity contribution >= 4 is 11.8 Å². The summed E-state index contributed by atoms with van der Waals surface area (Å²) < 4.78 is 0. The van der Waals surface area contributed by atoms with E-state index in [-0.39, 0.29) is 0 Å². The molecule has 0 aliphatic carbocycles. The van der Waals surface area contributed by atoms with Crippen LogP contribution in [0.2, 0.25) is 0 Å². The molecule has 106 valence electrons. The van der Waals surface area contributed by atoms with Crippen molar-refractivity contribution in [3.05, 3.63) is 42.0 Å². The quantitative estimate of drug-likeness (QED) is 0.411. The van der Waals surface area contributed by atoms with Crippen molar-refractivity contribution in [1.29, 1.82) is 0 Å². The fraction of sp³-hybridized carbons (Fsp3) is 0.500. The summed E-state index contributed by atoms with van der Waals surface area (Å²) in [6.45, 7) is 9.26. The lowest BCUT2D eigenvalue weighted by Gasteiger charge is -2.14. The average Bonchev–Trinajstić information content (AvgIpc) is 2.41. The Balaban J connectivity index is 2.57. The molecule has 0 aliphatic heterocycles. The van der Waals surface area contributed by atoms with Gasteiger partial charge in [-0.25, -0.2) is 0 Å². The maximum atomic E-state index is 10.1. The van der Waals surface area contributed by atoms with E-state index in [4.69, 9.17) is 0 Å². The zero-order valence-corrected chi connectivity index (χ0v) is 12.8. The predicted octanol–water partition coefficient (Wildman–Crippen LogP) is 3.70. The Morgan fingerprint density at radius 2 is 2.26 bits per heavy atom. The lowest BCUT2D eigenvalue weighted by atomic mass is 10.1. The molecule has 2 nitrogen and oxygen atoms in total. The summed E-state index contributed by atoms with van der Waals surface area (Å²) in [5.41, 5.74) is 2.23. The molecule has 0 saturated heterocycles. The molecular formula is C16H25NOS. The first-order valence-corrected chi connectivity index (χ1v) is 7.90. The van der Waals surface area contributed by atoms with E-state index in [0.717, 1.165) is 12.1 Å². The van der Waals surface area contributed by atoms with Gasteiger partial charge in [0.25, 0.3) is 0 Å². The van der Waals surface area contributed by atoms with Crippen molar-refractivity contribution in [2.75, 3.05) is 18.8 Å². The second-order valence-electron chi connectivity index (χ2n) is 4.69. The number of rotatable bonds is 9. The molecule has 0 saturated carbocycles. The van der Waals surface area contributed by atoms with Crippen LogP contribution in [0.5, 0.6) is 0 Å². The molecule has 1 aromatic carbocycles. The molecule has 19 heavy (non-hydrogen) atoms. The van der Waals surface area contributed by atoms with Gasteiger partial charge in [-0.3, -0.25) is 0 Å². The standard InChI is InChI=1S/C16H25NOS/c1-4-6-10-19-16-8-7-14(11-13(16)3)15(18)12-17-9-5-2/h5,7-8,11,15,17-18H,2,4,6,9-10,12H2,1,3H3. The normalized spacial score (nSPS) is 12.4. The summed E-state index contributed by atoms with van der Waals surface area (Å²) in [6, 6.07) is 6.25. The Kier molecular flexibility index (Phi) is 7.87. The number of aliphatic hydroxyl groups excluding tert-OH is 1. The van der Waals surface area contributed by atoms with E-state index in [1.54, 1.807) is 6.08 Å². The Hall–Kier alpha value is -0.770. The minimum atomic E-state index is -0.451. The van der Waals surface area contributed by atoms with E-state index in [2.05, 4.69) is 37.9 Å². The van der Waals surface area contributed by atoms with Crippen LogP contribution >= 0.6 is 11.8 Å². The molecule has 1 unspecified atom stereocenters. The molecule has 0 heterocycles. The van der Waals surface area contributed by atoms with Gasteiger partial charge in [0.2, 0.25) is 0 Å². The zero-order chi connectivity index (χ0) is 14.1. The second kappa shape index (κ2) is 9.18. The first kappa shape index (κ1) is 16.3. The van der Waals surface area contributed by atoms with E-state index in [1.807, 2.05) is 17.8 Å². The molecule has 2 N–H and O–H groups in total. The van der Waals surface area contributed by atoms with Gasteiger partial charge in [-0.05, 0) is 36.3 Å². The Labute approximate surface area is 121 Å². The van der Waals surface area contributed by atoms with E-state index in [9.17, 15) is 5.11 Å². The number of benzene rings is 1. The summed E-state index contributed by atoms with van der Waals surface area (Å²) in [5.74, 6) is 1.17. The van der Waals surface area contributed by atoms with Gasteiger partial charge in [0.15, 0.2) is 0 Å². The molecule has 0 radical (unpaired) electrons. The van der Waals surface area contributed by atoms with Crippen molar-refractivity contribution in [3.8, 4) is 0 Å². The van der Waals surface area contributed by atoms with Gasteiger partial charge in [-0.15, -0.1) is 18.3 Å². The maximum absolute atomic E-state index is 10.1. The number of aryl methyl sites for hydroxylation is 1. The summed E-state index contributed by atoms with van der Waals surface area (Å²) >= 11 is 1.90. The number of nitrogens with one attached hydrogen (secondary N) is 1. The van der Waals surface area contributed by atoms with Gasteiger partial charge < -0.3 is 10.4 Å². The van der Waals surface area contributed by atoms with Crippen LogP contribution in [0.25, 0.3) is 0 Å². The lowest BCUT2D eigenvalue weighted by Crippen LogP contribution is -2.21. The van der Waals surface area contributed by atoms with Crippen LogP contribution in [-0.2, 0) is 0 Å². The smallest absolute Gasteiger partial charge is 0.0914 e. The molecular weight excluding hydrogens is 254 g/mol. The molecule has 1 rings (SSSR count). The highest BCUT2D eigenvalue weighted by atomic mass is 32.2. The van der Waals surface area contributed by atoms with Crippen LogP contribution in [0, 0.1) is 6.92 Å². The van der Waals surface area contributed by atoms with E-state index < -0.39 is 6.10 Å². The van der Waals surface area contributed by atoms with Crippen LogP contribution in [-0.4, -0.2) is 23.9 Å². The van der Waals surface area contributed by atoms with Crippen molar-refractivity contribution in [1.82, 2.24) is 5.32 Å². The number of hydrogen-bond donors (Lipinski definition) is 2. The van der Waals surface area contributed by atoms with Gasteiger partial charge in [0.1, 0.15) is 0 Å². The third kappa shape index (κ3) is 5.81. The summed E-state index contributed by atoms with van der Waals surface area (Å²) in [7, 11) is 0. The molecule has 3 heteroatoms. The van der Waals surface area contributed by atoms with Gasteiger partial charge in [0.05, 0.1) is 6.10 Å².